The van der Waals surface area contributed by atoms with Crippen molar-refractivity contribution in [1.82, 2.24) is 0 Å². The van der Waals surface area contributed by atoms with Crippen LogP contribution in [0.5, 0.6) is 5.75 Å². The number of anilines is 1. The molecule has 0 atom stereocenters. The molecule has 0 saturated heterocycles. The van der Waals surface area contributed by atoms with Crippen molar-refractivity contribution in [2.24, 2.45) is 11.1 Å². The third kappa shape index (κ3) is 5.28. The molecule has 0 unspecified atom stereocenters. The largest absolute Gasteiger partial charge is 0.573 e. The summed E-state index contributed by atoms with van der Waals surface area (Å²) >= 11 is 0. The molecule has 4 nitrogen and oxygen atoms in total. The van der Waals surface area contributed by atoms with E-state index in [-0.39, 0.29) is 30.6 Å². The average molecular weight is 355 g/mol. The maximum Gasteiger partial charge on any atom is 0.573 e. The van der Waals surface area contributed by atoms with Gasteiger partial charge in [-0.2, -0.15) is 0 Å². The summed E-state index contributed by atoms with van der Waals surface area (Å²) in [7, 11) is 1.52. The van der Waals surface area contributed by atoms with Gasteiger partial charge in [-0.05, 0) is 25.0 Å². The van der Waals surface area contributed by atoms with E-state index in [1.54, 1.807) is 6.07 Å². The van der Waals surface area contributed by atoms with E-state index >= 15 is 0 Å². The molecule has 0 aliphatic heterocycles. The second kappa shape index (κ2) is 8.40. The van der Waals surface area contributed by atoms with Crippen molar-refractivity contribution >= 4 is 24.0 Å². The molecule has 0 heterocycles. The van der Waals surface area contributed by atoms with Gasteiger partial charge in [0.25, 0.3) is 0 Å². The Morgan fingerprint density at radius 3 is 2.26 bits per heavy atom. The van der Waals surface area contributed by atoms with Crippen LogP contribution in [-0.2, 0) is 4.79 Å². The van der Waals surface area contributed by atoms with Crippen LogP contribution in [0.15, 0.2) is 24.3 Å². The maximum atomic E-state index is 12.6. The van der Waals surface area contributed by atoms with Gasteiger partial charge in [0.1, 0.15) is 5.75 Å². The van der Waals surface area contributed by atoms with E-state index in [4.69, 9.17) is 5.73 Å². The highest BCUT2D eigenvalue weighted by molar-refractivity contribution is 5.97. The average Bonchev–Trinajstić information content (AvgIpc) is 2.47. The van der Waals surface area contributed by atoms with Gasteiger partial charge in [0.05, 0.1) is 5.41 Å². The lowest BCUT2D eigenvalue weighted by Gasteiger charge is -2.33. The third-order valence-corrected chi connectivity index (χ3v) is 3.94. The maximum absolute atomic E-state index is 12.6. The first-order valence-electron chi connectivity index (χ1n) is 7.03. The number of carbonyl (C=O) groups excluding carboxylic acids is 1. The molecule has 2 N–H and O–H groups in total. The number of hydrogen-bond acceptors (Lipinski definition) is 3. The summed E-state index contributed by atoms with van der Waals surface area (Å²) in [5, 5.41) is 0. The highest BCUT2D eigenvalue weighted by Gasteiger charge is 2.36. The molecule has 0 aliphatic carbocycles. The van der Waals surface area contributed by atoms with Gasteiger partial charge in [-0.15, -0.1) is 25.6 Å². The lowest BCUT2D eigenvalue weighted by molar-refractivity contribution is -0.274. The van der Waals surface area contributed by atoms with Crippen molar-refractivity contribution in [2.75, 3.05) is 18.5 Å². The number of benzene rings is 1. The molecule has 0 saturated carbocycles. The highest BCUT2D eigenvalue weighted by Crippen LogP contribution is 2.31. The second-order valence-corrected chi connectivity index (χ2v) is 5.10. The van der Waals surface area contributed by atoms with E-state index in [2.05, 4.69) is 4.74 Å². The number of carbonyl (C=O) groups is 1. The Kier molecular flexibility index (Phi) is 7.86. The fourth-order valence-corrected chi connectivity index (χ4v) is 2.29. The Morgan fingerprint density at radius 1 is 1.26 bits per heavy atom. The number of ether oxygens (including phenoxy) is 1. The topological polar surface area (TPSA) is 55.6 Å². The zero-order chi connectivity index (χ0) is 17.0. The standard InChI is InChI=1S/C15H21F3N2O2.ClH/c1-4-14(5-2,10-19)13(21)20(3)11-7-6-8-12(9-11)22-15(16,17)18;/h6-9H,4-5,10,19H2,1-3H3;1H. The van der Waals surface area contributed by atoms with Gasteiger partial charge in [-0.25, -0.2) is 0 Å². The molecule has 1 amide bonds. The lowest BCUT2D eigenvalue weighted by Crippen LogP contribution is -2.46. The van der Waals surface area contributed by atoms with Gasteiger partial charge in [-0.1, -0.05) is 19.9 Å². The van der Waals surface area contributed by atoms with Crippen LogP contribution in [0.3, 0.4) is 0 Å². The van der Waals surface area contributed by atoms with Crippen molar-refractivity contribution in [3.8, 4) is 5.75 Å². The van der Waals surface area contributed by atoms with Crippen LogP contribution in [0.4, 0.5) is 18.9 Å². The zero-order valence-corrected chi connectivity index (χ0v) is 14.1. The molecule has 0 fully saturated rings. The SMILES string of the molecule is CCC(CC)(CN)C(=O)N(C)c1cccc(OC(F)(F)F)c1.Cl. The molecule has 23 heavy (non-hydrogen) atoms. The minimum absolute atomic E-state index is 0. The summed E-state index contributed by atoms with van der Waals surface area (Å²) < 4.78 is 40.7. The van der Waals surface area contributed by atoms with Crippen LogP contribution in [-0.4, -0.2) is 25.9 Å². The second-order valence-electron chi connectivity index (χ2n) is 5.10. The number of nitrogens with two attached hydrogens (primary N) is 1. The molecule has 0 aliphatic rings. The number of alkyl halides is 3. The molecule has 0 bridgehead atoms. The Bertz CT molecular complexity index is 511. The van der Waals surface area contributed by atoms with Gasteiger partial charge in [0.2, 0.25) is 5.91 Å². The van der Waals surface area contributed by atoms with Gasteiger partial charge >= 0.3 is 6.36 Å². The molecule has 132 valence electrons. The summed E-state index contributed by atoms with van der Waals surface area (Å²) in [5.41, 5.74) is 5.35. The molecule has 1 aromatic carbocycles. The van der Waals surface area contributed by atoms with E-state index in [1.165, 1.54) is 30.1 Å². The fraction of sp³-hybridized carbons (Fsp3) is 0.533. The molecule has 1 aromatic rings. The van der Waals surface area contributed by atoms with Gasteiger partial charge in [-0.3, -0.25) is 4.79 Å². The smallest absolute Gasteiger partial charge is 0.406 e. The van der Waals surface area contributed by atoms with E-state index < -0.39 is 11.8 Å². The Hall–Kier alpha value is -1.47. The Labute approximate surface area is 140 Å². The van der Waals surface area contributed by atoms with Crippen LogP contribution in [0.2, 0.25) is 0 Å². The van der Waals surface area contributed by atoms with Crippen molar-refractivity contribution in [3.05, 3.63) is 24.3 Å². The molecule has 0 aromatic heterocycles. The molecular weight excluding hydrogens is 333 g/mol. The van der Waals surface area contributed by atoms with Gasteiger partial charge < -0.3 is 15.4 Å². The highest BCUT2D eigenvalue weighted by atomic mass is 35.5. The summed E-state index contributed by atoms with van der Waals surface area (Å²) in [5.74, 6) is -0.583. The number of nitrogens with zero attached hydrogens (tertiary/aromatic N) is 1. The summed E-state index contributed by atoms with van der Waals surface area (Å²) in [4.78, 5) is 14.0. The first-order valence-corrected chi connectivity index (χ1v) is 7.03. The summed E-state index contributed by atoms with van der Waals surface area (Å²) in [6.45, 7) is 3.92. The number of halogens is 4. The molecule has 0 radical (unpaired) electrons. The summed E-state index contributed by atoms with van der Waals surface area (Å²) in [6.07, 6.45) is -3.65. The minimum atomic E-state index is -4.77. The number of amides is 1. The molecular formula is C15H22ClF3N2O2. The van der Waals surface area contributed by atoms with Crippen LogP contribution >= 0.6 is 12.4 Å². The van der Waals surface area contributed by atoms with Crippen LogP contribution in [0.25, 0.3) is 0 Å². The third-order valence-electron chi connectivity index (χ3n) is 3.94. The first-order chi connectivity index (χ1) is 10.2. The van der Waals surface area contributed by atoms with Crippen molar-refractivity contribution < 1.29 is 22.7 Å². The summed E-state index contributed by atoms with van der Waals surface area (Å²) in [6, 6.07) is 5.32. The monoisotopic (exact) mass is 354 g/mol. The predicted molar refractivity (Wildman–Crippen MR) is 85.9 cm³/mol. The number of rotatable bonds is 6. The van der Waals surface area contributed by atoms with Crippen LogP contribution < -0.4 is 15.4 Å². The minimum Gasteiger partial charge on any atom is -0.406 e. The van der Waals surface area contributed by atoms with Gasteiger partial charge in [0, 0.05) is 25.3 Å². The predicted octanol–water partition coefficient (Wildman–Crippen LogP) is 3.73. The normalized spacial score (nSPS) is 11.6. The number of hydrogen-bond donors (Lipinski definition) is 1. The van der Waals surface area contributed by atoms with E-state index in [9.17, 15) is 18.0 Å². The Morgan fingerprint density at radius 2 is 1.83 bits per heavy atom. The Balaban J connectivity index is 0.00000484. The van der Waals surface area contributed by atoms with Crippen molar-refractivity contribution in [1.29, 1.82) is 0 Å². The molecule has 8 heteroatoms. The first kappa shape index (κ1) is 21.5. The van der Waals surface area contributed by atoms with Crippen molar-refractivity contribution in [2.45, 2.75) is 33.1 Å². The fourth-order valence-electron chi connectivity index (χ4n) is 2.29. The van der Waals surface area contributed by atoms with E-state index in [0.717, 1.165) is 0 Å². The van der Waals surface area contributed by atoms with E-state index in [0.29, 0.717) is 18.5 Å². The van der Waals surface area contributed by atoms with Crippen LogP contribution in [0, 0.1) is 5.41 Å². The molecule has 1 rings (SSSR count). The molecule has 0 spiro atoms. The zero-order valence-electron chi connectivity index (χ0n) is 13.3. The van der Waals surface area contributed by atoms with Crippen molar-refractivity contribution in [3.63, 3.8) is 0 Å². The van der Waals surface area contributed by atoms with Gasteiger partial charge in [0.15, 0.2) is 0 Å². The lowest BCUT2D eigenvalue weighted by atomic mass is 9.81. The quantitative estimate of drug-likeness (QED) is 0.846. The van der Waals surface area contributed by atoms with E-state index in [1.807, 2.05) is 13.8 Å². The van der Waals surface area contributed by atoms with Crippen LogP contribution in [0.1, 0.15) is 26.7 Å².